The Morgan fingerprint density at radius 3 is 2.52 bits per heavy atom. The molecule has 0 radical (unpaired) electrons. The van der Waals surface area contributed by atoms with Gasteiger partial charge in [-0.3, -0.25) is 20.4 Å². The summed E-state index contributed by atoms with van der Waals surface area (Å²) in [5.41, 5.74) is 6.08. The monoisotopic (exact) mass is 344 g/mol. The molecular weight excluding hydrogens is 320 g/mol. The lowest BCUT2D eigenvalue weighted by Gasteiger charge is -2.10. The van der Waals surface area contributed by atoms with Crippen LogP contribution in [-0.2, 0) is 5.75 Å². The van der Waals surface area contributed by atoms with Gasteiger partial charge in [-0.2, -0.15) is 11.8 Å². The molecule has 23 heavy (non-hydrogen) atoms. The average Bonchev–Trinajstić information content (AvgIpc) is 2.98. The van der Waals surface area contributed by atoms with Crippen LogP contribution in [0.15, 0.2) is 16.3 Å². The SMILES string of the molecule is CN=C(NO)NCCNC(=NCCSCc1nc[nH]c1C)NO. The van der Waals surface area contributed by atoms with Gasteiger partial charge in [0, 0.05) is 37.3 Å². The highest BCUT2D eigenvalue weighted by Gasteiger charge is 2.01. The smallest absolute Gasteiger partial charge is 0.215 e. The second kappa shape index (κ2) is 11.6. The first-order chi connectivity index (χ1) is 11.2. The standard InChI is InChI=1S/C12H24N8O2S/c1-9-10(18-8-17-9)7-23-6-5-16-12(20-22)15-4-3-14-11(13-2)19-21/h8,21-22H,3-7H2,1-2H3,(H,17,18)(H2,13,14,19)(H2,15,16,20). The third kappa shape index (κ3) is 7.72. The van der Waals surface area contributed by atoms with Crippen molar-refractivity contribution < 1.29 is 10.4 Å². The number of hydrogen-bond acceptors (Lipinski definition) is 6. The predicted molar refractivity (Wildman–Crippen MR) is 91.0 cm³/mol. The largest absolute Gasteiger partial charge is 0.353 e. The van der Waals surface area contributed by atoms with E-state index < -0.39 is 0 Å². The van der Waals surface area contributed by atoms with Crippen LogP contribution in [0.4, 0.5) is 0 Å². The van der Waals surface area contributed by atoms with E-state index in [1.807, 2.05) is 17.9 Å². The molecule has 11 heteroatoms. The summed E-state index contributed by atoms with van der Waals surface area (Å²) in [6.07, 6.45) is 1.69. The van der Waals surface area contributed by atoms with E-state index in [1.54, 1.807) is 25.1 Å². The summed E-state index contributed by atoms with van der Waals surface area (Å²) in [6, 6.07) is 0. The van der Waals surface area contributed by atoms with E-state index >= 15 is 0 Å². The number of thioether (sulfide) groups is 1. The molecule has 7 N–H and O–H groups in total. The molecule has 0 bridgehead atoms. The van der Waals surface area contributed by atoms with Crippen molar-refractivity contribution in [1.82, 2.24) is 31.6 Å². The Bertz CT molecular complexity index is 505. The number of imidazole rings is 1. The van der Waals surface area contributed by atoms with E-state index in [9.17, 15) is 0 Å². The molecule has 0 aliphatic heterocycles. The van der Waals surface area contributed by atoms with E-state index in [0.29, 0.717) is 25.6 Å². The molecule has 1 rings (SSSR count). The number of nitrogens with zero attached hydrogens (tertiary/aromatic N) is 3. The third-order valence-electron chi connectivity index (χ3n) is 2.82. The number of rotatable bonds is 8. The van der Waals surface area contributed by atoms with E-state index in [-0.39, 0.29) is 5.96 Å². The summed E-state index contributed by atoms with van der Waals surface area (Å²) in [5, 5.41) is 23.5. The summed E-state index contributed by atoms with van der Waals surface area (Å²) >= 11 is 1.72. The molecule has 0 amide bonds. The Labute approximate surface area is 139 Å². The number of aromatic amines is 1. The minimum atomic E-state index is 0.271. The highest BCUT2D eigenvalue weighted by molar-refractivity contribution is 7.98. The Morgan fingerprint density at radius 1 is 1.26 bits per heavy atom. The van der Waals surface area contributed by atoms with Crippen LogP contribution in [0.1, 0.15) is 11.4 Å². The maximum atomic E-state index is 9.01. The molecule has 0 spiro atoms. The van der Waals surface area contributed by atoms with Crippen LogP contribution in [0.25, 0.3) is 0 Å². The fraction of sp³-hybridized carbons (Fsp3) is 0.583. The first-order valence-corrected chi connectivity index (χ1v) is 8.22. The predicted octanol–water partition coefficient (Wildman–Crippen LogP) is -0.570. The topological polar surface area (TPSA) is 142 Å². The number of hydrogen-bond donors (Lipinski definition) is 7. The van der Waals surface area contributed by atoms with Gasteiger partial charge >= 0.3 is 0 Å². The average molecular weight is 344 g/mol. The summed E-state index contributed by atoms with van der Waals surface area (Å²) < 4.78 is 0. The lowest BCUT2D eigenvalue weighted by molar-refractivity contribution is 0.227. The van der Waals surface area contributed by atoms with Crippen LogP contribution < -0.4 is 21.6 Å². The molecule has 0 fully saturated rings. The van der Waals surface area contributed by atoms with Crippen LogP contribution in [0.3, 0.4) is 0 Å². The zero-order valence-corrected chi connectivity index (χ0v) is 14.1. The van der Waals surface area contributed by atoms with Crippen molar-refractivity contribution in [3.8, 4) is 0 Å². The van der Waals surface area contributed by atoms with Gasteiger partial charge < -0.3 is 15.6 Å². The number of aryl methyl sites for hydroxylation is 1. The fourth-order valence-corrected chi connectivity index (χ4v) is 2.43. The maximum absolute atomic E-state index is 9.01. The third-order valence-corrected chi connectivity index (χ3v) is 3.77. The molecule has 130 valence electrons. The Kier molecular flexibility index (Phi) is 9.59. The molecule has 10 nitrogen and oxygen atoms in total. The molecule has 0 unspecified atom stereocenters. The van der Waals surface area contributed by atoms with Crippen molar-refractivity contribution in [1.29, 1.82) is 0 Å². The van der Waals surface area contributed by atoms with E-state index in [0.717, 1.165) is 22.9 Å². The van der Waals surface area contributed by atoms with Gasteiger partial charge in [0.15, 0.2) is 0 Å². The molecule has 0 atom stereocenters. The first kappa shape index (κ1) is 19.1. The molecule has 0 aliphatic carbocycles. The summed E-state index contributed by atoms with van der Waals surface area (Å²) in [4.78, 5) is 15.2. The quantitative estimate of drug-likeness (QED) is 0.144. The number of nitrogens with one attached hydrogen (secondary N) is 5. The van der Waals surface area contributed by atoms with Crippen LogP contribution in [0.2, 0.25) is 0 Å². The van der Waals surface area contributed by atoms with Gasteiger partial charge in [0.05, 0.1) is 18.6 Å². The highest BCUT2D eigenvalue weighted by Crippen LogP contribution is 2.11. The summed E-state index contributed by atoms with van der Waals surface area (Å²) in [7, 11) is 1.54. The lowest BCUT2D eigenvalue weighted by Crippen LogP contribution is -2.43. The van der Waals surface area contributed by atoms with Gasteiger partial charge in [-0.1, -0.05) is 0 Å². The van der Waals surface area contributed by atoms with Crippen molar-refractivity contribution in [3.05, 3.63) is 17.7 Å². The number of hydroxylamine groups is 2. The van der Waals surface area contributed by atoms with Gasteiger partial charge in [0.1, 0.15) is 0 Å². The Hall–Kier alpha value is -1.98. The van der Waals surface area contributed by atoms with E-state index in [4.69, 9.17) is 10.4 Å². The fourth-order valence-electron chi connectivity index (χ4n) is 1.58. The second-order valence-electron chi connectivity index (χ2n) is 4.41. The van der Waals surface area contributed by atoms with Crippen LogP contribution in [-0.4, -0.2) is 64.7 Å². The molecule has 1 aromatic heterocycles. The molecule has 0 aliphatic rings. The normalized spacial score (nSPS) is 12.2. The van der Waals surface area contributed by atoms with Crippen molar-refractivity contribution >= 4 is 23.7 Å². The number of H-pyrrole nitrogens is 1. The second-order valence-corrected chi connectivity index (χ2v) is 5.51. The molecule has 0 saturated heterocycles. The Balaban J connectivity index is 2.16. The zero-order valence-electron chi connectivity index (χ0n) is 13.3. The molecule has 1 aromatic rings. The molecule has 1 heterocycles. The van der Waals surface area contributed by atoms with E-state index in [2.05, 4.69) is 30.6 Å². The van der Waals surface area contributed by atoms with Crippen LogP contribution in [0, 0.1) is 6.92 Å². The summed E-state index contributed by atoms with van der Waals surface area (Å²) in [6.45, 7) is 3.55. The van der Waals surface area contributed by atoms with Gasteiger partial charge in [-0.25, -0.2) is 15.9 Å². The van der Waals surface area contributed by atoms with Gasteiger partial charge in [0.25, 0.3) is 0 Å². The van der Waals surface area contributed by atoms with Gasteiger partial charge in [0.2, 0.25) is 11.9 Å². The molecule has 0 saturated carbocycles. The van der Waals surface area contributed by atoms with E-state index in [1.165, 1.54) is 0 Å². The first-order valence-electron chi connectivity index (χ1n) is 7.07. The Morgan fingerprint density at radius 2 is 1.96 bits per heavy atom. The van der Waals surface area contributed by atoms with Crippen molar-refractivity contribution in [2.45, 2.75) is 12.7 Å². The zero-order chi connectivity index (χ0) is 16.9. The molecule has 0 aromatic carbocycles. The minimum Gasteiger partial charge on any atom is -0.353 e. The summed E-state index contributed by atoms with van der Waals surface area (Å²) in [5.74, 6) is 2.22. The highest BCUT2D eigenvalue weighted by atomic mass is 32.2. The van der Waals surface area contributed by atoms with Crippen molar-refractivity contribution in [3.63, 3.8) is 0 Å². The number of guanidine groups is 2. The van der Waals surface area contributed by atoms with Gasteiger partial charge in [-0.05, 0) is 6.92 Å². The number of aliphatic imine (C=N–C) groups is 2. The molecular formula is C12H24N8O2S. The van der Waals surface area contributed by atoms with Gasteiger partial charge in [-0.15, -0.1) is 0 Å². The van der Waals surface area contributed by atoms with Crippen LogP contribution >= 0.6 is 11.8 Å². The van der Waals surface area contributed by atoms with Crippen LogP contribution in [0.5, 0.6) is 0 Å². The number of aromatic nitrogens is 2. The minimum absolute atomic E-state index is 0.271. The lowest BCUT2D eigenvalue weighted by atomic mass is 10.4. The maximum Gasteiger partial charge on any atom is 0.215 e. The van der Waals surface area contributed by atoms with Crippen molar-refractivity contribution in [2.75, 3.05) is 32.4 Å². The van der Waals surface area contributed by atoms with Crippen molar-refractivity contribution in [2.24, 2.45) is 9.98 Å².